The van der Waals surface area contributed by atoms with Crippen LogP contribution in [0.5, 0.6) is 0 Å². The summed E-state index contributed by atoms with van der Waals surface area (Å²) in [6, 6.07) is 0. The number of aryl methyl sites for hydroxylation is 2. The van der Waals surface area contributed by atoms with Crippen molar-refractivity contribution in [3.8, 4) is 0 Å². The molecule has 1 aliphatic rings. The summed E-state index contributed by atoms with van der Waals surface area (Å²) in [7, 11) is 1.79. The first kappa shape index (κ1) is 18.8. The molecule has 0 bridgehead atoms. The second-order valence-electron chi connectivity index (χ2n) is 6.46. The van der Waals surface area contributed by atoms with Crippen molar-refractivity contribution in [3.63, 3.8) is 0 Å². The van der Waals surface area contributed by atoms with E-state index in [4.69, 9.17) is 9.26 Å². The van der Waals surface area contributed by atoms with Crippen molar-refractivity contribution in [3.05, 3.63) is 17.0 Å². The number of nitrogens with zero attached hydrogens (tertiary/aromatic N) is 2. The molecule has 1 heterocycles. The molecule has 136 valence electrons. The Balaban J connectivity index is 1.60. The van der Waals surface area contributed by atoms with Crippen LogP contribution in [0, 0.1) is 13.8 Å². The van der Waals surface area contributed by atoms with Crippen LogP contribution in [0.15, 0.2) is 9.52 Å². The fourth-order valence-electron chi connectivity index (χ4n) is 3.19. The van der Waals surface area contributed by atoms with Gasteiger partial charge in [0.05, 0.1) is 18.4 Å². The van der Waals surface area contributed by atoms with E-state index in [9.17, 15) is 0 Å². The number of aliphatic imine (C=N–C) groups is 1. The van der Waals surface area contributed by atoms with Gasteiger partial charge in [-0.05, 0) is 33.1 Å². The smallest absolute Gasteiger partial charge is 0.191 e. The van der Waals surface area contributed by atoms with Gasteiger partial charge in [0.25, 0.3) is 0 Å². The van der Waals surface area contributed by atoms with Crippen LogP contribution in [0.4, 0.5) is 0 Å². The van der Waals surface area contributed by atoms with Crippen LogP contribution in [0.25, 0.3) is 0 Å². The Morgan fingerprint density at radius 3 is 2.50 bits per heavy atom. The Morgan fingerprint density at radius 2 is 1.88 bits per heavy atom. The minimum atomic E-state index is 0.448. The highest BCUT2D eigenvalue weighted by molar-refractivity contribution is 5.79. The van der Waals surface area contributed by atoms with Gasteiger partial charge in [0, 0.05) is 25.7 Å². The zero-order valence-corrected chi connectivity index (χ0v) is 15.4. The molecule has 0 spiro atoms. The summed E-state index contributed by atoms with van der Waals surface area (Å²) in [5.74, 6) is 1.71. The molecule has 1 saturated carbocycles. The lowest BCUT2D eigenvalue weighted by Gasteiger charge is -2.16. The maximum Gasteiger partial charge on any atom is 0.191 e. The summed E-state index contributed by atoms with van der Waals surface area (Å²) < 4.78 is 11.2. The van der Waals surface area contributed by atoms with E-state index < -0.39 is 0 Å². The highest BCUT2D eigenvalue weighted by Gasteiger charge is 2.12. The molecule has 2 rings (SSSR count). The van der Waals surface area contributed by atoms with E-state index in [1.165, 1.54) is 44.1 Å². The molecule has 6 heteroatoms. The lowest BCUT2D eigenvalue weighted by Crippen LogP contribution is -2.40. The van der Waals surface area contributed by atoms with Crippen LogP contribution in [-0.2, 0) is 11.2 Å². The van der Waals surface area contributed by atoms with E-state index >= 15 is 0 Å². The van der Waals surface area contributed by atoms with Crippen LogP contribution in [0.2, 0.25) is 0 Å². The first-order valence-electron chi connectivity index (χ1n) is 9.18. The maximum atomic E-state index is 5.99. The van der Waals surface area contributed by atoms with Crippen molar-refractivity contribution < 1.29 is 9.26 Å². The first-order valence-corrected chi connectivity index (χ1v) is 9.18. The molecule has 1 aromatic heterocycles. The molecule has 0 aromatic carbocycles. The minimum absolute atomic E-state index is 0.448. The van der Waals surface area contributed by atoms with Crippen molar-refractivity contribution in [2.45, 2.75) is 64.9 Å². The number of guanidine groups is 1. The maximum absolute atomic E-state index is 5.99. The second kappa shape index (κ2) is 10.3. The molecule has 1 aliphatic carbocycles. The third kappa shape index (κ3) is 6.15. The van der Waals surface area contributed by atoms with Crippen LogP contribution >= 0.6 is 0 Å². The van der Waals surface area contributed by atoms with Gasteiger partial charge in [-0.15, -0.1) is 0 Å². The molecule has 24 heavy (non-hydrogen) atoms. The zero-order valence-electron chi connectivity index (χ0n) is 15.4. The van der Waals surface area contributed by atoms with Crippen molar-refractivity contribution in [1.82, 2.24) is 15.8 Å². The Morgan fingerprint density at radius 1 is 1.17 bits per heavy atom. The normalized spacial score (nSPS) is 16.9. The number of rotatable bonds is 7. The van der Waals surface area contributed by atoms with Gasteiger partial charge in [-0.2, -0.15) is 0 Å². The van der Waals surface area contributed by atoms with Gasteiger partial charge in [-0.25, -0.2) is 0 Å². The van der Waals surface area contributed by atoms with E-state index in [1.54, 1.807) is 7.05 Å². The second-order valence-corrected chi connectivity index (χ2v) is 6.46. The topological polar surface area (TPSA) is 71.7 Å². The first-order chi connectivity index (χ1) is 11.7. The van der Waals surface area contributed by atoms with Crippen LogP contribution in [0.3, 0.4) is 0 Å². The van der Waals surface area contributed by atoms with Gasteiger partial charge in [-0.3, -0.25) is 4.99 Å². The lowest BCUT2D eigenvalue weighted by molar-refractivity contribution is 0.0468. The fraction of sp³-hybridized carbons (Fsp3) is 0.778. The number of hydrogen-bond acceptors (Lipinski definition) is 4. The SMILES string of the molecule is CN=C(NCCOC1CCCCCC1)NCCc1c(C)noc1C. The highest BCUT2D eigenvalue weighted by Crippen LogP contribution is 2.19. The molecule has 0 saturated heterocycles. The molecular weight excluding hydrogens is 304 g/mol. The summed E-state index contributed by atoms with van der Waals surface area (Å²) in [5.41, 5.74) is 2.14. The summed E-state index contributed by atoms with van der Waals surface area (Å²) in [6.07, 6.45) is 9.09. The number of nitrogens with one attached hydrogen (secondary N) is 2. The van der Waals surface area contributed by atoms with Crippen molar-refractivity contribution in [2.75, 3.05) is 26.7 Å². The number of hydrogen-bond donors (Lipinski definition) is 2. The van der Waals surface area contributed by atoms with Crippen molar-refractivity contribution in [2.24, 2.45) is 4.99 Å². The van der Waals surface area contributed by atoms with E-state index in [1.807, 2.05) is 13.8 Å². The molecule has 0 amide bonds. The summed E-state index contributed by atoms with van der Waals surface area (Å²) in [4.78, 5) is 4.25. The molecule has 6 nitrogen and oxygen atoms in total. The summed E-state index contributed by atoms with van der Waals surface area (Å²) in [5, 5.41) is 10.6. The lowest BCUT2D eigenvalue weighted by atomic mass is 10.1. The molecule has 0 aliphatic heterocycles. The standard InChI is InChI=1S/C18H32N4O2/c1-14-17(15(2)24-22-14)10-11-20-18(19-3)21-12-13-23-16-8-6-4-5-7-9-16/h16H,4-13H2,1-3H3,(H2,19,20,21). The van der Waals surface area contributed by atoms with Gasteiger partial charge < -0.3 is 19.9 Å². The van der Waals surface area contributed by atoms with Gasteiger partial charge in [-0.1, -0.05) is 30.8 Å². The summed E-state index contributed by atoms with van der Waals surface area (Å²) >= 11 is 0. The predicted octanol–water partition coefficient (Wildman–Crippen LogP) is 2.74. The number of ether oxygens (including phenoxy) is 1. The Hall–Kier alpha value is -1.56. The van der Waals surface area contributed by atoms with Gasteiger partial charge >= 0.3 is 0 Å². The van der Waals surface area contributed by atoms with Gasteiger partial charge in [0.2, 0.25) is 0 Å². The van der Waals surface area contributed by atoms with E-state index in [2.05, 4.69) is 20.8 Å². The van der Waals surface area contributed by atoms with Crippen LogP contribution < -0.4 is 10.6 Å². The van der Waals surface area contributed by atoms with Crippen molar-refractivity contribution in [1.29, 1.82) is 0 Å². The van der Waals surface area contributed by atoms with Gasteiger partial charge in [0.1, 0.15) is 5.76 Å². The predicted molar refractivity (Wildman–Crippen MR) is 96.5 cm³/mol. The van der Waals surface area contributed by atoms with Crippen LogP contribution in [0.1, 0.15) is 55.5 Å². The van der Waals surface area contributed by atoms with Gasteiger partial charge in [0.15, 0.2) is 5.96 Å². The average Bonchev–Trinajstić information content (AvgIpc) is 2.80. The molecule has 0 radical (unpaired) electrons. The third-order valence-corrected chi connectivity index (χ3v) is 4.62. The van der Waals surface area contributed by atoms with E-state index in [0.717, 1.165) is 43.5 Å². The molecule has 0 unspecified atom stereocenters. The molecule has 1 fully saturated rings. The van der Waals surface area contributed by atoms with E-state index in [0.29, 0.717) is 6.10 Å². The minimum Gasteiger partial charge on any atom is -0.376 e. The van der Waals surface area contributed by atoms with Crippen LogP contribution in [-0.4, -0.2) is 44.0 Å². The quantitative estimate of drug-likeness (QED) is 0.347. The Labute approximate surface area is 145 Å². The fourth-order valence-corrected chi connectivity index (χ4v) is 3.19. The zero-order chi connectivity index (χ0) is 17.2. The number of aromatic nitrogens is 1. The average molecular weight is 336 g/mol. The van der Waals surface area contributed by atoms with E-state index in [-0.39, 0.29) is 0 Å². The highest BCUT2D eigenvalue weighted by atomic mass is 16.5. The molecule has 1 aromatic rings. The Kier molecular flexibility index (Phi) is 8.08. The van der Waals surface area contributed by atoms with Crippen molar-refractivity contribution >= 4 is 5.96 Å². The molecule has 0 atom stereocenters. The molecular formula is C18H32N4O2. The third-order valence-electron chi connectivity index (χ3n) is 4.62. The largest absolute Gasteiger partial charge is 0.376 e. The molecule has 2 N–H and O–H groups in total. The monoisotopic (exact) mass is 336 g/mol. The Bertz CT molecular complexity index is 486. The summed E-state index contributed by atoms with van der Waals surface area (Å²) in [6.45, 7) is 6.24.